The second kappa shape index (κ2) is 6.32. The fourth-order valence-corrected chi connectivity index (χ4v) is 2.13. The van der Waals surface area contributed by atoms with Crippen molar-refractivity contribution in [3.63, 3.8) is 0 Å². The fraction of sp³-hybridized carbons (Fsp3) is 0.375. The van der Waals surface area contributed by atoms with Crippen LogP contribution in [0.3, 0.4) is 0 Å². The zero-order chi connectivity index (χ0) is 13.7. The Labute approximate surface area is 114 Å². The first-order chi connectivity index (χ1) is 9.19. The topological polar surface area (TPSA) is 34.9 Å². The highest BCUT2D eigenvalue weighted by atomic mass is 16.1. The van der Waals surface area contributed by atoms with Gasteiger partial charge in [0.15, 0.2) is 0 Å². The molecule has 0 aliphatic carbocycles. The van der Waals surface area contributed by atoms with Crippen molar-refractivity contribution in [1.29, 1.82) is 0 Å². The van der Waals surface area contributed by atoms with Gasteiger partial charge in [0.25, 0.3) is 0 Å². The van der Waals surface area contributed by atoms with Gasteiger partial charge in [-0.05, 0) is 24.5 Å². The molecule has 1 aromatic heterocycles. The number of rotatable bonds is 6. The van der Waals surface area contributed by atoms with Gasteiger partial charge in [0.1, 0.15) is 5.78 Å². The Morgan fingerprint density at radius 2 is 2.00 bits per heavy atom. The number of carbonyl (C=O) groups excluding carboxylic acids is 1. The third-order valence-electron chi connectivity index (χ3n) is 3.30. The first kappa shape index (κ1) is 13.5. The number of Topliss-reactive ketones (excluding diaryl/α,β-unsaturated/α-hetero) is 1. The molecule has 0 spiro atoms. The lowest BCUT2D eigenvalue weighted by molar-refractivity contribution is -0.118. The van der Waals surface area contributed by atoms with Crippen LogP contribution in [0, 0.1) is 0 Å². The van der Waals surface area contributed by atoms with Gasteiger partial charge in [0, 0.05) is 25.6 Å². The van der Waals surface area contributed by atoms with Gasteiger partial charge in [-0.2, -0.15) is 5.10 Å². The van der Waals surface area contributed by atoms with Crippen molar-refractivity contribution in [2.24, 2.45) is 7.05 Å². The lowest BCUT2D eigenvalue weighted by Gasteiger charge is -2.02. The summed E-state index contributed by atoms with van der Waals surface area (Å²) in [6.45, 7) is 2.07. The zero-order valence-corrected chi connectivity index (χ0v) is 11.6. The zero-order valence-electron chi connectivity index (χ0n) is 11.6. The van der Waals surface area contributed by atoms with E-state index in [-0.39, 0.29) is 5.78 Å². The summed E-state index contributed by atoms with van der Waals surface area (Å²) in [6, 6.07) is 12.2. The molecule has 3 nitrogen and oxygen atoms in total. The Morgan fingerprint density at radius 3 is 2.63 bits per heavy atom. The van der Waals surface area contributed by atoms with Crippen LogP contribution in [0.25, 0.3) is 0 Å². The van der Waals surface area contributed by atoms with Crippen molar-refractivity contribution in [1.82, 2.24) is 9.78 Å². The first-order valence-electron chi connectivity index (χ1n) is 6.76. The minimum Gasteiger partial charge on any atom is -0.299 e. The molecule has 0 saturated carbocycles. The average molecular weight is 256 g/mol. The van der Waals surface area contributed by atoms with Gasteiger partial charge >= 0.3 is 0 Å². The van der Waals surface area contributed by atoms with E-state index in [1.54, 1.807) is 0 Å². The van der Waals surface area contributed by atoms with Crippen LogP contribution in [0.5, 0.6) is 0 Å². The van der Waals surface area contributed by atoms with Gasteiger partial charge in [-0.3, -0.25) is 9.48 Å². The molecule has 0 radical (unpaired) electrons. The summed E-state index contributed by atoms with van der Waals surface area (Å²) in [5.41, 5.74) is 3.28. The predicted molar refractivity (Wildman–Crippen MR) is 76.1 cm³/mol. The summed E-state index contributed by atoms with van der Waals surface area (Å²) in [5.74, 6) is 0.273. The highest BCUT2D eigenvalue weighted by Gasteiger charge is 2.09. The van der Waals surface area contributed by atoms with Crippen LogP contribution in [0.1, 0.15) is 30.3 Å². The summed E-state index contributed by atoms with van der Waals surface area (Å²) < 4.78 is 1.82. The van der Waals surface area contributed by atoms with E-state index in [2.05, 4.69) is 24.2 Å². The SMILES string of the molecule is CCc1cc(CC(=O)CCc2ccccc2)n(C)n1. The molecular weight excluding hydrogens is 236 g/mol. The van der Waals surface area contributed by atoms with E-state index >= 15 is 0 Å². The van der Waals surface area contributed by atoms with Gasteiger partial charge in [0.05, 0.1) is 5.69 Å². The summed E-state index contributed by atoms with van der Waals surface area (Å²) >= 11 is 0. The van der Waals surface area contributed by atoms with E-state index in [1.165, 1.54) is 5.56 Å². The molecule has 0 saturated heterocycles. The van der Waals surface area contributed by atoms with Crippen LogP contribution in [0.4, 0.5) is 0 Å². The Balaban J connectivity index is 1.89. The minimum absolute atomic E-state index is 0.273. The first-order valence-corrected chi connectivity index (χ1v) is 6.76. The summed E-state index contributed by atoms with van der Waals surface area (Å²) in [5, 5.41) is 4.36. The molecule has 1 heterocycles. The number of nitrogens with zero attached hydrogens (tertiary/aromatic N) is 2. The Kier molecular flexibility index (Phi) is 4.50. The third-order valence-corrected chi connectivity index (χ3v) is 3.30. The van der Waals surface area contributed by atoms with E-state index in [4.69, 9.17) is 0 Å². The standard InChI is InChI=1S/C16H20N2O/c1-3-14-11-15(18(2)17-14)12-16(19)10-9-13-7-5-4-6-8-13/h4-8,11H,3,9-10,12H2,1-2H3. The van der Waals surface area contributed by atoms with Crippen molar-refractivity contribution in [2.45, 2.75) is 32.6 Å². The van der Waals surface area contributed by atoms with Crippen molar-refractivity contribution in [3.8, 4) is 0 Å². The molecule has 0 bridgehead atoms. The van der Waals surface area contributed by atoms with Crippen LogP contribution in [0.2, 0.25) is 0 Å². The number of hydrogen-bond acceptors (Lipinski definition) is 2. The lowest BCUT2D eigenvalue weighted by Crippen LogP contribution is -2.08. The number of aryl methyl sites for hydroxylation is 3. The minimum atomic E-state index is 0.273. The number of benzene rings is 1. The van der Waals surface area contributed by atoms with Gasteiger partial charge in [-0.25, -0.2) is 0 Å². The third kappa shape index (κ3) is 3.78. The van der Waals surface area contributed by atoms with E-state index in [1.807, 2.05) is 36.0 Å². The van der Waals surface area contributed by atoms with Gasteiger partial charge in [0.2, 0.25) is 0 Å². The van der Waals surface area contributed by atoms with Crippen LogP contribution >= 0.6 is 0 Å². The molecule has 0 unspecified atom stereocenters. The maximum absolute atomic E-state index is 12.0. The van der Waals surface area contributed by atoms with Crippen LogP contribution < -0.4 is 0 Å². The molecule has 2 rings (SSSR count). The highest BCUT2D eigenvalue weighted by molar-refractivity contribution is 5.80. The molecule has 1 aromatic carbocycles. The van der Waals surface area contributed by atoms with Crippen LogP contribution in [-0.2, 0) is 31.1 Å². The van der Waals surface area contributed by atoms with E-state index in [0.29, 0.717) is 12.8 Å². The average Bonchev–Trinajstić information content (AvgIpc) is 2.78. The largest absolute Gasteiger partial charge is 0.299 e. The highest BCUT2D eigenvalue weighted by Crippen LogP contribution is 2.08. The summed E-state index contributed by atoms with van der Waals surface area (Å²) in [4.78, 5) is 12.0. The van der Waals surface area contributed by atoms with Gasteiger partial charge in [-0.1, -0.05) is 37.3 Å². The Morgan fingerprint density at radius 1 is 1.26 bits per heavy atom. The van der Waals surface area contributed by atoms with Crippen LogP contribution in [-0.4, -0.2) is 15.6 Å². The van der Waals surface area contributed by atoms with Crippen molar-refractivity contribution >= 4 is 5.78 Å². The van der Waals surface area contributed by atoms with Crippen molar-refractivity contribution < 1.29 is 4.79 Å². The number of ketones is 1. The molecule has 0 fully saturated rings. The molecule has 100 valence electrons. The molecular formula is C16H20N2O. The maximum atomic E-state index is 12.0. The fourth-order valence-electron chi connectivity index (χ4n) is 2.13. The predicted octanol–water partition coefficient (Wildman–Crippen LogP) is 2.73. The van der Waals surface area contributed by atoms with Gasteiger partial charge < -0.3 is 0 Å². The van der Waals surface area contributed by atoms with Crippen LogP contribution in [0.15, 0.2) is 36.4 Å². The summed E-state index contributed by atoms with van der Waals surface area (Å²) in [6.07, 6.45) is 2.80. The number of aromatic nitrogens is 2. The van der Waals surface area contributed by atoms with Crippen molar-refractivity contribution in [3.05, 3.63) is 53.3 Å². The molecule has 0 amide bonds. The molecule has 0 atom stereocenters. The molecule has 0 N–H and O–H groups in total. The van der Waals surface area contributed by atoms with E-state index in [0.717, 1.165) is 24.2 Å². The van der Waals surface area contributed by atoms with Gasteiger partial charge in [-0.15, -0.1) is 0 Å². The second-order valence-corrected chi connectivity index (χ2v) is 4.81. The summed E-state index contributed by atoms with van der Waals surface area (Å²) in [7, 11) is 1.90. The van der Waals surface area contributed by atoms with Crippen molar-refractivity contribution in [2.75, 3.05) is 0 Å². The second-order valence-electron chi connectivity index (χ2n) is 4.81. The number of carbonyl (C=O) groups is 1. The molecule has 3 heteroatoms. The monoisotopic (exact) mass is 256 g/mol. The lowest BCUT2D eigenvalue weighted by atomic mass is 10.0. The quantitative estimate of drug-likeness (QED) is 0.796. The molecule has 0 aliphatic heterocycles. The van der Waals surface area contributed by atoms with E-state index < -0.39 is 0 Å². The Bertz CT molecular complexity index is 543. The maximum Gasteiger partial charge on any atom is 0.139 e. The smallest absolute Gasteiger partial charge is 0.139 e. The molecule has 0 aliphatic rings. The molecule has 19 heavy (non-hydrogen) atoms. The Hall–Kier alpha value is -1.90. The van der Waals surface area contributed by atoms with E-state index in [9.17, 15) is 4.79 Å². The normalized spacial score (nSPS) is 10.6. The number of hydrogen-bond donors (Lipinski definition) is 0. The molecule has 2 aromatic rings.